The molecule has 0 aliphatic rings. The van der Waals surface area contributed by atoms with Crippen LogP contribution in [0.5, 0.6) is 5.75 Å². The molecule has 0 spiro atoms. The average Bonchev–Trinajstić information content (AvgIpc) is 3.42. The first-order valence-corrected chi connectivity index (χ1v) is 12.4. The minimum absolute atomic E-state index is 0.0805. The smallest absolute Gasteiger partial charge is 0.279 e. The van der Waals surface area contributed by atoms with Gasteiger partial charge in [-0.2, -0.15) is 14.9 Å². The third-order valence-electron chi connectivity index (χ3n) is 6.78. The number of aromatic hydroxyl groups is 1. The van der Waals surface area contributed by atoms with E-state index in [1.165, 1.54) is 15.6 Å². The standard InChI is InChI=1S/C28H30N8O3/c1-15-7-10-21(35-14-20(25(29)38)26(33-35)31-22-11-16(2)34(6)32-22)24(37)23(15)36-27(39)19-9-8-18(28(3,4)5)12-17(19)13-30-36/h7-14,37H,1-6H3,(H2,29,38)(H,31,32,33). The molecule has 2 aromatic carbocycles. The third kappa shape index (κ3) is 4.52. The number of phenolic OH excluding ortho intramolecular Hbond substituents is 1. The van der Waals surface area contributed by atoms with E-state index in [4.69, 9.17) is 5.73 Å². The number of aromatic nitrogens is 6. The number of carbonyl (C=O) groups excluding carboxylic acids is 1. The number of rotatable bonds is 5. The van der Waals surface area contributed by atoms with Crippen molar-refractivity contribution in [1.29, 1.82) is 0 Å². The van der Waals surface area contributed by atoms with Crippen molar-refractivity contribution in [2.45, 2.75) is 40.0 Å². The van der Waals surface area contributed by atoms with Gasteiger partial charge >= 0.3 is 0 Å². The van der Waals surface area contributed by atoms with Crippen molar-refractivity contribution in [3.8, 4) is 17.1 Å². The number of hydrogen-bond donors (Lipinski definition) is 3. The number of phenols is 1. The van der Waals surface area contributed by atoms with Crippen LogP contribution in [0.2, 0.25) is 0 Å². The number of aryl methyl sites for hydroxylation is 3. The van der Waals surface area contributed by atoms with Gasteiger partial charge in [-0.1, -0.05) is 32.9 Å². The van der Waals surface area contributed by atoms with Gasteiger partial charge in [0.05, 0.1) is 11.6 Å². The van der Waals surface area contributed by atoms with E-state index in [-0.39, 0.29) is 39.5 Å². The lowest BCUT2D eigenvalue weighted by Gasteiger charge is -2.19. The number of nitrogens with zero attached hydrogens (tertiary/aromatic N) is 6. The zero-order valence-electron chi connectivity index (χ0n) is 22.6. The summed E-state index contributed by atoms with van der Waals surface area (Å²) in [5.41, 5.74) is 8.34. The first-order valence-electron chi connectivity index (χ1n) is 12.4. The van der Waals surface area contributed by atoms with Crippen molar-refractivity contribution in [3.05, 3.63) is 81.5 Å². The average molecular weight is 527 g/mol. The number of anilines is 2. The molecule has 11 nitrogen and oxygen atoms in total. The van der Waals surface area contributed by atoms with E-state index in [1.54, 1.807) is 49.1 Å². The van der Waals surface area contributed by atoms with E-state index < -0.39 is 5.91 Å². The van der Waals surface area contributed by atoms with Gasteiger partial charge in [-0.15, -0.1) is 5.10 Å². The highest BCUT2D eigenvalue weighted by Crippen LogP contribution is 2.33. The van der Waals surface area contributed by atoms with Gasteiger partial charge in [0.25, 0.3) is 11.5 Å². The van der Waals surface area contributed by atoms with Gasteiger partial charge in [0, 0.05) is 30.4 Å². The molecule has 4 N–H and O–H groups in total. The lowest BCUT2D eigenvalue weighted by molar-refractivity contribution is 0.100. The lowest BCUT2D eigenvalue weighted by atomic mass is 9.86. The Morgan fingerprint density at radius 3 is 2.46 bits per heavy atom. The number of fused-ring (bicyclic) bond motifs is 1. The van der Waals surface area contributed by atoms with E-state index in [9.17, 15) is 14.7 Å². The second-order valence-electron chi connectivity index (χ2n) is 10.6. The molecule has 0 aliphatic carbocycles. The minimum atomic E-state index is -0.703. The normalized spacial score (nSPS) is 11.7. The highest BCUT2D eigenvalue weighted by molar-refractivity contribution is 5.98. The molecule has 200 valence electrons. The number of nitrogens with two attached hydrogens (primary N) is 1. The van der Waals surface area contributed by atoms with Gasteiger partial charge in [-0.3, -0.25) is 14.3 Å². The maximum absolute atomic E-state index is 13.5. The number of amides is 1. The Bertz CT molecular complexity index is 1800. The SMILES string of the molecule is Cc1ccc(-n2cc(C(N)=O)c(Nc3cc(C)n(C)n3)n2)c(O)c1-n1ncc2cc(C(C)(C)C)ccc2c1=O. The molecule has 0 saturated carbocycles. The van der Waals surface area contributed by atoms with Crippen molar-refractivity contribution in [1.82, 2.24) is 29.3 Å². The Morgan fingerprint density at radius 1 is 1.08 bits per heavy atom. The Kier molecular flexibility index (Phi) is 6.01. The fourth-order valence-electron chi connectivity index (χ4n) is 4.41. The second kappa shape index (κ2) is 9.12. The molecule has 5 aromatic rings. The molecular formula is C28H30N8O3. The molecule has 0 saturated heterocycles. The molecule has 0 unspecified atom stereocenters. The summed E-state index contributed by atoms with van der Waals surface area (Å²) in [6, 6.07) is 10.9. The molecule has 39 heavy (non-hydrogen) atoms. The molecule has 0 bridgehead atoms. The molecule has 5 rings (SSSR count). The molecular weight excluding hydrogens is 496 g/mol. The summed E-state index contributed by atoms with van der Waals surface area (Å²) in [5.74, 6) is -0.268. The zero-order valence-corrected chi connectivity index (χ0v) is 22.6. The Hall–Kier alpha value is -4.93. The topological polar surface area (TPSA) is 146 Å². The van der Waals surface area contributed by atoms with Gasteiger partial charge in [0.2, 0.25) is 0 Å². The summed E-state index contributed by atoms with van der Waals surface area (Å²) in [4.78, 5) is 25.7. The van der Waals surface area contributed by atoms with E-state index in [0.29, 0.717) is 16.8 Å². The molecule has 1 amide bonds. The van der Waals surface area contributed by atoms with Gasteiger partial charge in [-0.05, 0) is 48.6 Å². The third-order valence-corrected chi connectivity index (χ3v) is 6.78. The largest absolute Gasteiger partial charge is 0.504 e. The van der Waals surface area contributed by atoms with Crippen molar-refractivity contribution in [2.75, 3.05) is 5.32 Å². The van der Waals surface area contributed by atoms with Crippen LogP contribution >= 0.6 is 0 Å². The molecule has 3 heterocycles. The minimum Gasteiger partial charge on any atom is -0.504 e. The molecule has 3 aromatic heterocycles. The molecule has 11 heteroatoms. The van der Waals surface area contributed by atoms with Gasteiger partial charge in [0.1, 0.15) is 16.9 Å². The van der Waals surface area contributed by atoms with Crippen LogP contribution in [0.3, 0.4) is 0 Å². The first-order chi connectivity index (χ1) is 18.3. The number of nitrogens with one attached hydrogen (secondary N) is 1. The fraction of sp³-hybridized carbons (Fsp3) is 0.250. The lowest BCUT2D eigenvalue weighted by Crippen LogP contribution is -2.22. The molecule has 0 fully saturated rings. The summed E-state index contributed by atoms with van der Waals surface area (Å²) in [6.07, 6.45) is 3.03. The van der Waals surface area contributed by atoms with E-state index in [0.717, 1.165) is 16.6 Å². The Balaban J connectivity index is 1.62. The Labute approximate surface area is 224 Å². The summed E-state index contributed by atoms with van der Waals surface area (Å²) < 4.78 is 4.19. The monoisotopic (exact) mass is 526 g/mol. The van der Waals surface area contributed by atoms with Crippen LogP contribution in [0.15, 0.2) is 53.6 Å². The predicted octanol–water partition coefficient (Wildman–Crippen LogP) is 3.77. The molecule has 0 aliphatic heterocycles. The second-order valence-corrected chi connectivity index (χ2v) is 10.6. The Morgan fingerprint density at radius 2 is 1.82 bits per heavy atom. The van der Waals surface area contributed by atoms with E-state index in [1.807, 2.05) is 19.1 Å². The van der Waals surface area contributed by atoms with E-state index >= 15 is 0 Å². The summed E-state index contributed by atoms with van der Waals surface area (Å²) in [5, 5.41) is 28.8. The first kappa shape index (κ1) is 25.7. The van der Waals surface area contributed by atoms with Crippen molar-refractivity contribution in [2.24, 2.45) is 12.8 Å². The van der Waals surface area contributed by atoms with Crippen LogP contribution in [-0.4, -0.2) is 40.4 Å². The van der Waals surface area contributed by atoms with Crippen LogP contribution in [0.25, 0.3) is 22.1 Å². The van der Waals surface area contributed by atoms with Crippen molar-refractivity contribution >= 4 is 28.3 Å². The maximum atomic E-state index is 13.5. The van der Waals surface area contributed by atoms with Crippen molar-refractivity contribution < 1.29 is 9.90 Å². The summed E-state index contributed by atoms with van der Waals surface area (Å²) in [7, 11) is 1.80. The molecule has 0 atom stereocenters. The summed E-state index contributed by atoms with van der Waals surface area (Å²) in [6.45, 7) is 9.98. The van der Waals surface area contributed by atoms with Crippen LogP contribution < -0.4 is 16.6 Å². The number of carbonyl (C=O) groups is 1. The number of benzene rings is 2. The number of hydrogen-bond acceptors (Lipinski definition) is 7. The predicted molar refractivity (Wildman–Crippen MR) is 149 cm³/mol. The highest BCUT2D eigenvalue weighted by Gasteiger charge is 2.22. The summed E-state index contributed by atoms with van der Waals surface area (Å²) >= 11 is 0. The fourth-order valence-corrected chi connectivity index (χ4v) is 4.41. The van der Waals surface area contributed by atoms with Gasteiger partial charge in [0.15, 0.2) is 17.4 Å². The zero-order chi connectivity index (χ0) is 28.2. The van der Waals surface area contributed by atoms with Crippen LogP contribution in [0, 0.1) is 13.8 Å². The van der Waals surface area contributed by atoms with Crippen LogP contribution in [0.1, 0.15) is 48.0 Å². The molecule has 0 radical (unpaired) electrons. The van der Waals surface area contributed by atoms with Gasteiger partial charge < -0.3 is 16.2 Å². The van der Waals surface area contributed by atoms with Crippen LogP contribution in [-0.2, 0) is 12.5 Å². The maximum Gasteiger partial charge on any atom is 0.279 e. The van der Waals surface area contributed by atoms with Crippen molar-refractivity contribution in [3.63, 3.8) is 0 Å². The quantitative estimate of drug-likeness (QED) is 0.316. The highest BCUT2D eigenvalue weighted by atomic mass is 16.3. The van der Waals surface area contributed by atoms with Gasteiger partial charge in [-0.25, -0.2) is 4.68 Å². The van der Waals surface area contributed by atoms with Crippen LogP contribution in [0.4, 0.5) is 11.6 Å². The number of primary amides is 1. The van der Waals surface area contributed by atoms with E-state index in [2.05, 4.69) is 41.4 Å².